The summed E-state index contributed by atoms with van der Waals surface area (Å²) in [4.78, 5) is 29.9. The Bertz CT molecular complexity index is 1500. The van der Waals surface area contributed by atoms with Gasteiger partial charge in [-0.15, -0.1) is 0 Å². The highest BCUT2D eigenvalue weighted by atomic mass is 35.5. The zero-order valence-corrected chi connectivity index (χ0v) is 23.9. The fourth-order valence-electron chi connectivity index (χ4n) is 4.38. The van der Waals surface area contributed by atoms with Crippen molar-refractivity contribution in [2.45, 2.75) is 52.7 Å². The molecule has 3 aromatic rings. The number of benzene rings is 1. The third kappa shape index (κ3) is 6.63. The fourth-order valence-corrected chi connectivity index (χ4v) is 5.90. The first-order chi connectivity index (χ1) is 18.4. The second-order valence-corrected chi connectivity index (χ2v) is 12.1. The van der Waals surface area contributed by atoms with Gasteiger partial charge >= 0.3 is 22.3 Å². The molecule has 39 heavy (non-hydrogen) atoms. The Morgan fingerprint density at radius 3 is 2.67 bits per heavy atom. The average Bonchev–Trinajstić information content (AvgIpc) is 3.00. The third-order valence-electron chi connectivity index (χ3n) is 5.87. The second kappa shape index (κ2) is 11.4. The second-order valence-electron chi connectivity index (χ2n) is 10.0. The molecule has 0 bridgehead atoms. The molecule has 0 unspecified atom stereocenters. The van der Waals surface area contributed by atoms with Gasteiger partial charge in [-0.3, -0.25) is 9.62 Å². The number of halogens is 1. The lowest BCUT2D eigenvalue weighted by molar-refractivity contribution is 0.0515. The first-order valence-corrected chi connectivity index (χ1v) is 14.4. The highest BCUT2D eigenvalue weighted by molar-refractivity contribution is 7.90. The molecule has 1 amide bonds. The van der Waals surface area contributed by atoms with E-state index in [1.807, 2.05) is 0 Å². The predicted octanol–water partition coefficient (Wildman–Crippen LogP) is 4.70. The summed E-state index contributed by atoms with van der Waals surface area (Å²) in [7, 11) is -3.94. The lowest BCUT2D eigenvalue weighted by atomic mass is 10.2. The van der Waals surface area contributed by atoms with Crippen LogP contribution in [0.25, 0.3) is 10.9 Å². The topological polar surface area (TPSA) is 132 Å². The molecule has 11 nitrogen and oxygen atoms in total. The van der Waals surface area contributed by atoms with Crippen LogP contribution in [0.15, 0.2) is 36.5 Å². The Kier molecular flexibility index (Phi) is 8.38. The Balaban J connectivity index is 1.85. The quantitative estimate of drug-likeness (QED) is 0.406. The SMILES string of the molecule is CCOC(=O)c1c(N2CCCCNS2(=O)=O)c2cc(Cl)ccc2n1Cc1ccnc(NC(=O)OC(C)(C)C)c1. The zero-order chi connectivity index (χ0) is 28.4. The molecule has 1 aliphatic rings. The first kappa shape index (κ1) is 28.7. The standard InChI is InChI=1S/C26H32ClN5O6S/c1-5-37-24(33)23-22(32-13-7-6-11-29-39(32,35)36)19-15-18(27)8-9-20(19)31(23)16-17-10-12-28-21(14-17)30-25(34)38-26(2,3)4/h8-10,12,14-15,29H,5-7,11,13,16H2,1-4H3,(H,28,30,34). The Morgan fingerprint density at radius 1 is 1.18 bits per heavy atom. The number of carbonyl (C=O) groups excluding carboxylic acids is 2. The monoisotopic (exact) mass is 577 g/mol. The van der Waals surface area contributed by atoms with Crippen LogP contribution in [0.2, 0.25) is 5.02 Å². The predicted molar refractivity (Wildman–Crippen MR) is 150 cm³/mol. The number of nitrogens with zero attached hydrogens (tertiary/aromatic N) is 3. The molecule has 210 valence electrons. The highest BCUT2D eigenvalue weighted by Gasteiger charge is 2.34. The van der Waals surface area contributed by atoms with Crippen molar-refractivity contribution in [2.75, 3.05) is 29.3 Å². The first-order valence-electron chi connectivity index (χ1n) is 12.6. The van der Waals surface area contributed by atoms with Gasteiger partial charge in [0.15, 0.2) is 5.69 Å². The summed E-state index contributed by atoms with van der Waals surface area (Å²) in [6, 6.07) is 8.46. The Morgan fingerprint density at radius 2 is 1.95 bits per heavy atom. The lowest BCUT2D eigenvalue weighted by Gasteiger charge is -2.23. The molecule has 0 radical (unpaired) electrons. The number of amides is 1. The van der Waals surface area contributed by atoms with Gasteiger partial charge in [0.25, 0.3) is 0 Å². The number of carbonyl (C=O) groups is 2. The number of rotatable bonds is 6. The maximum absolute atomic E-state index is 13.4. The number of esters is 1. The summed E-state index contributed by atoms with van der Waals surface area (Å²) >= 11 is 6.34. The van der Waals surface area contributed by atoms with E-state index in [-0.39, 0.29) is 36.9 Å². The highest BCUT2D eigenvalue weighted by Crippen LogP contribution is 2.38. The van der Waals surface area contributed by atoms with Crippen LogP contribution in [-0.4, -0.2) is 55.3 Å². The van der Waals surface area contributed by atoms with Gasteiger partial charge in [-0.25, -0.2) is 14.6 Å². The van der Waals surface area contributed by atoms with Gasteiger partial charge in [0.05, 0.1) is 17.8 Å². The van der Waals surface area contributed by atoms with Crippen molar-refractivity contribution in [3.63, 3.8) is 0 Å². The number of anilines is 2. The van der Waals surface area contributed by atoms with Gasteiger partial charge in [0, 0.05) is 36.2 Å². The molecular formula is C26H32ClN5O6S. The molecular weight excluding hydrogens is 546 g/mol. The Hall–Kier alpha value is -3.35. The van der Waals surface area contributed by atoms with E-state index in [4.69, 9.17) is 21.1 Å². The van der Waals surface area contributed by atoms with Crippen LogP contribution >= 0.6 is 11.6 Å². The van der Waals surface area contributed by atoms with E-state index in [1.54, 1.807) is 62.6 Å². The van der Waals surface area contributed by atoms with E-state index in [9.17, 15) is 18.0 Å². The summed E-state index contributed by atoms with van der Waals surface area (Å²) in [5, 5.41) is 3.51. The van der Waals surface area contributed by atoms with E-state index < -0.39 is 27.9 Å². The number of aromatic nitrogens is 2. The van der Waals surface area contributed by atoms with Crippen molar-refractivity contribution in [1.29, 1.82) is 0 Å². The molecule has 2 N–H and O–H groups in total. The van der Waals surface area contributed by atoms with E-state index in [0.717, 1.165) is 0 Å². The largest absolute Gasteiger partial charge is 0.461 e. The van der Waals surface area contributed by atoms with Gasteiger partial charge < -0.3 is 14.0 Å². The number of ether oxygens (including phenoxy) is 2. The van der Waals surface area contributed by atoms with Gasteiger partial charge in [0.1, 0.15) is 11.4 Å². The maximum Gasteiger partial charge on any atom is 0.413 e. The van der Waals surface area contributed by atoms with Crippen LogP contribution in [-0.2, 0) is 26.2 Å². The summed E-state index contributed by atoms with van der Waals surface area (Å²) in [6.45, 7) is 7.70. The van der Waals surface area contributed by atoms with Crippen LogP contribution in [0, 0.1) is 0 Å². The van der Waals surface area contributed by atoms with E-state index in [1.165, 1.54) is 10.5 Å². The molecule has 2 aromatic heterocycles. The normalized spacial score (nSPS) is 15.6. The average molecular weight is 578 g/mol. The van der Waals surface area contributed by atoms with Gasteiger partial charge in [-0.2, -0.15) is 13.1 Å². The van der Waals surface area contributed by atoms with Gasteiger partial charge in [-0.05, 0) is 76.4 Å². The number of nitrogens with one attached hydrogen (secondary N) is 2. The Labute approximate surface area is 232 Å². The molecule has 1 saturated heterocycles. The van der Waals surface area contributed by atoms with Gasteiger partial charge in [-0.1, -0.05) is 11.6 Å². The molecule has 0 saturated carbocycles. The summed E-state index contributed by atoms with van der Waals surface area (Å²) in [5.41, 5.74) is 0.897. The van der Waals surface area contributed by atoms with Gasteiger partial charge in [0.2, 0.25) is 0 Å². The number of fused-ring (bicyclic) bond motifs is 1. The van der Waals surface area contributed by atoms with Crippen molar-refractivity contribution in [3.8, 4) is 0 Å². The molecule has 0 atom stereocenters. The minimum Gasteiger partial charge on any atom is -0.461 e. The fraction of sp³-hybridized carbons (Fsp3) is 0.423. The van der Waals surface area contributed by atoms with E-state index >= 15 is 0 Å². The molecule has 0 spiro atoms. The minimum absolute atomic E-state index is 0.0832. The lowest BCUT2D eigenvalue weighted by Crippen LogP contribution is -2.40. The molecule has 4 rings (SSSR count). The molecule has 13 heteroatoms. The van der Waals surface area contributed by atoms with Crippen LogP contribution in [0.4, 0.5) is 16.3 Å². The van der Waals surface area contributed by atoms with Crippen LogP contribution in [0.1, 0.15) is 56.6 Å². The van der Waals surface area contributed by atoms with E-state index in [0.29, 0.717) is 40.9 Å². The van der Waals surface area contributed by atoms with Crippen molar-refractivity contribution >= 4 is 56.3 Å². The minimum atomic E-state index is -3.94. The molecule has 1 fully saturated rings. The number of hydrogen-bond donors (Lipinski definition) is 2. The smallest absolute Gasteiger partial charge is 0.413 e. The van der Waals surface area contributed by atoms with Crippen LogP contribution in [0.5, 0.6) is 0 Å². The molecule has 0 aliphatic carbocycles. The number of hydrogen-bond acceptors (Lipinski definition) is 7. The summed E-state index contributed by atoms with van der Waals surface area (Å²) < 4.78 is 42.7. The van der Waals surface area contributed by atoms with Crippen LogP contribution < -0.4 is 14.3 Å². The van der Waals surface area contributed by atoms with Crippen molar-refractivity contribution in [3.05, 3.63) is 52.8 Å². The third-order valence-corrected chi connectivity index (χ3v) is 7.62. The maximum atomic E-state index is 13.4. The zero-order valence-electron chi connectivity index (χ0n) is 22.3. The number of pyridine rings is 1. The molecule has 3 heterocycles. The molecule has 1 aromatic carbocycles. The molecule has 1 aliphatic heterocycles. The van der Waals surface area contributed by atoms with Crippen molar-refractivity contribution in [1.82, 2.24) is 14.3 Å². The summed E-state index contributed by atoms with van der Waals surface area (Å²) in [6.07, 6.45) is 2.14. The van der Waals surface area contributed by atoms with E-state index in [2.05, 4.69) is 15.0 Å². The summed E-state index contributed by atoms with van der Waals surface area (Å²) in [5.74, 6) is -0.404. The van der Waals surface area contributed by atoms with Crippen molar-refractivity contribution in [2.24, 2.45) is 0 Å². The van der Waals surface area contributed by atoms with Crippen molar-refractivity contribution < 1.29 is 27.5 Å². The van der Waals surface area contributed by atoms with Crippen LogP contribution in [0.3, 0.4) is 0 Å².